The molecule has 0 amide bonds. The van der Waals surface area contributed by atoms with E-state index in [-0.39, 0.29) is 0 Å². The first kappa shape index (κ1) is 30.2. The smallest absolute Gasteiger partial charge is 0.153 e. The summed E-state index contributed by atoms with van der Waals surface area (Å²) in [6, 6.07) is 66.5. The second-order valence-electron chi connectivity index (χ2n) is 14.9. The predicted molar refractivity (Wildman–Crippen MR) is 238 cm³/mol. The molecule has 0 bridgehead atoms. The summed E-state index contributed by atoms with van der Waals surface area (Å²) in [6.45, 7) is 0. The van der Waals surface area contributed by atoms with Crippen molar-refractivity contribution in [3.8, 4) is 22.5 Å². The van der Waals surface area contributed by atoms with Gasteiger partial charge in [-0.25, -0.2) is 0 Å². The van der Waals surface area contributed by atoms with Crippen LogP contribution < -0.4 is 0 Å². The van der Waals surface area contributed by atoms with E-state index in [0.29, 0.717) is 0 Å². The third kappa shape index (κ3) is 4.11. The first-order valence-electron chi connectivity index (χ1n) is 19.1. The Kier molecular flexibility index (Phi) is 6.04. The summed E-state index contributed by atoms with van der Waals surface area (Å²) in [7, 11) is 0. The average Bonchev–Trinajstić information content (AvgIpc) is 4.00. The monoisotopic (exact) mass is 730 g/mol. The molecule has 13 aromatic rings. The lowest BCUT2D eigenvalue weighted by molar-refractivity contribution is 0.673. The van der Waals surface area contributed by atoms with Crippen LogP contribution in [0.3, 0.4) is 0 Å². The summed E-state index contributed by atoms with van der Waals surface area (Å²) in [5, 5.41) is 12.3. The molecule has 0 unspecified atom stereocenters. The number of benzene rings is 9. The van der Waals surface area contributed by atoms with E-state index in [1.807, 2.05) is 11.3 Å². The molecule has 3 nitrogen and oxygen atoms in total. The zero-order chi connectivity index (χ0) is 36.5. The third-order valence-electron chi connectivity index (χ3n) is 11.9. The molecule has 0 aliphatic heterocycles. The summed E-state index contributed by atoms with van der Waals surface area (Å²) < 4.78 is 14.1. The molecule has 4 heteroatoms. The second kappa shape index (κ2) is 11.2. The lowest BCUT2D eigenvalue weighted by Gasteiger charge is -2.12. The molecule has 9 aromatic carbocycles. The summed E-state index contributed by atoms with van der Waals surface area (Å²) in [6.07, 6.45) is 0. The van der Waals surface area contributed by atoms with Crippen LogP contribution in [-0.2, 0) is 0 Å². The van der Waals surface area contributed by atoms with Gasteiger partial charge >= 0.3 is 0 Å². The van der Waals surface area contributed by atoms with Crippen LogP contribution in [0.15, 0.2) is 186 Å². The molecule has 13 rings (SSSR count). The van der Waals surface area contributed by atoms with Crippen LogP contribution in [0.2, 0.25) is 0 Å². The van der Waals surface area contributed by atoms with Gasteiger partial charge in [-0.3, -0.25) is 0 Å². The maximum absolute atomic E-state index is 6.75. The Labute approximate surface area is 324 Å². The highest BCUT2D eigenvalue weighted by molar-refractivity contribution is 7.26. The lowest BCUT2D eigenvalue weighted by atomic mass is 10.0. The van der Waals surface area contributed by atoms with Gasteiger partial charge in [-0.05, 0) is 83.2 Å². The number of rotatable bonds is 3. The van der Waals surface area contributed by atoms with Gasteiger partial charge in [-0.15, -0.1) is 11.3 Å². The standard InChI is InChI=1S/C52H30N2OS/c1-2-12-35-31(10-1)11-9-18-44(35)54-46-17-7-4-14-37(46)43-29-33(21-27-48(43)54)32-20-26-47-42(28-32)36-13-3-6-16-45(36)53(47)34-22-23-38-40-24-25-41-39-15-5-8-19-50(39)56-52(41)51(40)55-49(38)30-34/h1-30H. The zero-order valence-electron chi connectivity index (χ0n) is 30.0. The predicted octanol–water partition coefficient (Wildman–Crippen LogP) is 15.0. The van der Waals surface area contributed by atoms with Gasteiger partial charge in [0.05, 0.1) is 32.5 Å². The average molecular weight is 731 g/mol. The first-order valence-corrected chi connectivity index (χ1v) is 19.9. The minimum Gasteiger partial charge on any atom is -0.454 e. The van der Waals surface area contributed by atoms with E-state index in [0.717, 1.165) is 27.6 Å². The second-order valence-corrected chi connectivity index (χ2v) is 15.9. The van der Waals surface area contributed by atoms with Crippen molar-refractivity contribution in [1.29, 1.82) is 0 Å². The molecule has 0 aliphatic rings. The van der Waals surface area contributed by atoms with Crippen molar-refractivity contribution in [3.05, 3.63) is 182 Å². The van der Waals surface area contributed by atoms with Crippen molar-refractivity contribution in [2.45, 2.75) is 0 Å². The number of fused-ring (bicyclic) bond motifs is 14. The maximum Gasteiger partial charge on any atom is 0.153 e. The van der Waals surface area contributed by atoms with Crippen LogP contribution in [0, 0.1) is 0 Å². The van der Waals surface area contributed by atoms with Gasteiger partial charge in [0.25, 0.3) is 0 Å². The molecule has 0 atom stereocenters. The topological polar surface area (TPSA) is 23.0 Å². The summed E-state index contributed by atoms with van der Waals surface area (Å²) >= 11 is 1.81. The molecule has 4 aromatic heterocycles. The number of hydrogen-bond acceptors (Lipinski definition) is 2. The van der Waals surface area contributed by atoms with E-state index in [4.69, 9.17) is 4.42 Å². The van der Waals surface area contributed by atoms with Gasteiger partial charge in [-0.2, -0.15) is 0 Å². The van der Waals surface area contributed by atoms with Gasteiger partial charge in [-0.1, -0.05) is 109 Å². The highest BCUT2D eigenvalue weighted by atomic mass is 32.1. The molecular weight excluding hydrogens is 701 g/mol. The summed E-state index contributed by atoms with van der Waals surface area (Å²) in [5.74, 6) is 0. The fourth-order valence-corrected chi connectivity index (χ4v) is 10.6. The highest BCUT2D eigenvalue weighted by Crippen LogP contribution is 2.43. The van der Waals surface area contributed by atoms with Crippen molar-refractivity contribution in [3.63, 3.8) is 0 Å². The van der Waals surface area contributed by atoms with Crippen LogP contribution in [0.1, 0.15) is 0 Å². The Morgan fingerprint density at radius 3 is 1.75 bits per heavy atom. The van der Waals surface area contributed by atoms with Crippen molar-refractivity contribution < 1.29 is 4.42 Å². The minimum absolute atomic E-state index is 0.904. The highest BCUT2D eigenvalue weighted by Gasteiger charge is 2.19. The molecular formula is C52H30N2OS. The van der Waals surface area contributed by atoms with Crippen LogP contribution in [0.25, 0.3) is 119 Å². The van der Waals surface area contributed by atoms with Gasteiger partial charge in [0.1, 0.15) is 5.58 Å². The van der Waals surface area contributed by atoms with Crippen LogP contribution >= 0.6 is 11.3 Å². The first-order chi connectivity index (χ1) is 27.8. The minimum atomic E-state index is 0.904. The Bertz CT molecular complexity index is 3770. The molecule has 0 fully saturated rings. The lowest BCUT2D eigenvalue weighted by Crippen LogP contribution is -1.95. The van der Waals surface area contributed by atoms with Crippen LogP contribution in [-0.4, -0.2) is 9.13 Å². The van der Waals surface area contributed by atoms with E-state index in [1.54, 1.807) is 0 Å². The van der Waals surface area contributed by atoms with E-state index >= 15 is 0 Å². The van der Waals surface area contributed by atoms with Gasteiger partial charge in [0, 0.05) is 64.9 Å². The van der Waals surface area contributed by atoms with E-state index in [9.17, 15) is 0 Å². The molecule has 260 valence electrons. The Balaban J connectivity index is 0.977. The Hall–Kier alpha value is -7.14. The van der Waals surface area contributed by atoms with E-state index in [2.05, 4.69) is 191 Å². The van der Waals surface area contributed by atoms with Gasteiger partial charge in [0.2, 0.25) is 0 Å². The van der Waals surface area contributed by atoms with E-state index < -0.39 is 0 Å². The van der Waals surface area contributed by atoms with Crippen molar-refractivity contribution in [2.24, 2.45) is 0 Å². The number of furan rings is 1. The van der Waals surface area contributed by atoms with Crippen molar-refractivity contribution >= 4 is 108 Å². The number of hydrogen-bond donors (Lipinski definition) is 0. The number of nitrogens with zero attached hydrogens (tertiary/aromatic N) is 2. The third-order valence-corrected chi connectivity index (χ3v) is 13.1. The van der Waals surface area contributed by atoms with Crippen LogP contribution in [0.4, 0.5) is 0 Å². The van der Waals surface area contributed by atoms with Gasteiger partial charge < -0.3 is 13.6 Å². The fourth-order valence-electron chi connectivity index (χ4n) is 9.39. The normalized spacial score (nSPS) is 12.3. The molecule has 0 radical (unpaired) electrons. The molecule has 0 aliphatic carbocycles. The van der Waals surface area contributed by atoms with Gasteiger partial charge in [0.15, 0.2) is 5.58 Å². The largest absolute Gasteiger partial charge is 0.454 e. The molecule has 4 heterocycles. The zero-order valence-corrected chi connectivity index (χ0v) is 30.8. The molecule has 0 N–H and O–H groups in total. The number of thiophene rings is 1. The molecule has 0 saturated carbocycles. The molecule has 0 saturated heterocycles. The molecule has 0 spiro atoms. The summed E-state index contributed by atoms with van der Waals surface area (Å²) in [4.78, 5) is 0. The SMILES string of the molecule is c1ccc2c(-n3c4ccccc4c4cc(-c5ccc6c(c5)c5ccccc5n6-c5ccc6c(c5)oc5c6ccc6c7ccccc7sc65)ccc43)cccc2c1. The fraction of sp³-hybridized carbons (Fsp3) is 0. The van der Waals surface area contributed by atoms with Crippen molar-refractivity contribution in [2.75, 3.05) is 0 Å². The molecule has 56 heavy (non-hydrogen) atoms. The number of aromatic nitrogens is 2. The summed E-state index contributed by atoms with van der Waals surface area (Å²) in [5.41, 5.74) is 11.3. The Morgan fingerprint density at radius 1 is 0.375 bits per heavy atom. The van der Waals surface area contributed by atoms with Crippen molar-refractivity contribution in [1.82, 2.24) is 9.13 Å². The number of para-hydroxylation sites is 2. The van der Waals surface area contributed by atoms with Crippen LogP contribution in [0.5, 0.6) is 0 Å². The Morgan fingerprint density at radius 2 is 0.964 bits per heavy atom. The maximum atomic E-state index is 6.75. The van der Waals surface area contributed by atoms with E-state index in [1.165, 1.54) is 91.4 Å². The quantitative estimate of drug-likeness (QED) is 0.177.